The first-order valence-corrected chi connectivity index (χ1v) is 1.88. The maximum atomic E-state index is 11.2. The van der Waals surface area contributed by atoms with E-state index >= 15 is 0 Å². The summed E-state index contributed by atoms with van der Waals surface area (Å²) in [6.45, 7) is 0.618. The minimum absolute atomic E-state index is 0.618. The predicted molar refractivity (Wildman–Crippen MR) is 20.8 cm³/mol. The summed E-state index contributed by atoms with van der Waals surface area (Å²) >= 11 is 4.12. The first-order chi connectivity index (χ1) is 2.94. The van der Waals surface area contributed by atoms with E-state index in [0.717, 1.165) is 0 Å². The summed E-state index contributed by atoms with van der Waals surface area (Å²) in [7, 11) is 0. The molecule has 0 N–H and O–H groups in total. The fourth-order valence-electron chi connectivity index (χ4n) is 0. The van der Waals surface area contributed by atoms with Gasteiger partial charge in [-0.2, -0.15) is 8.78 Å². The summed E-state index contributed by atoms with van der Waals surface area (Å²) in [4.78, 5) is 0. The molecule has 0 rings (SSSR count). The minimum Gasteiger partial charge on any atom is -0.232 e. The highest BCUT2D eigenvalue weighted by Gasteiger charge is 2.34. The van der Waals surface area contributed by atoms with Gasteiger partial charge in [0.05, 0.1) is 0 Å². The zero-order valence-electron chi connectivity index (χ0n) is 3.51. The summed E-state index contributed by atoms with van der Waals surface area (Å²) in [5, 5.41) is -3.78. The van der Waals surface area contributed by atoms with Crippen LogP contribution in [0.15, 0.2) is 0 Å². The normalized spacial score (nSPS) is 12.9. The van der Waals surface area contributed by atoms with Gasteiger partial charge in [0.25, 0.3) is 0 Å². The molecule has 1 radical (unpaired) electrons. The number of hydrogen-bond donors (Lipinski definition) is 0. The van der Waals surface area contributed by atoms with E-state index in [1.807, 2.05) is 0 Å². The maximum absolute atomic E-state index is 11.2. The van der Waals surface area contributed by atoms with Crippen LogP contribution in [0, 0.1) is 6.17 Å². The van der Waals surface area contributed by atoms with E-state index in [1.54, 1.807) is 0 Å². The van der Waals surface area contributed by atoms with Crippen LogP contribution in [0.25, 0.3) is 0 Å². The van der Waals surface area contributed by atoms with Crippen molar-refractivity contribution >= 4 is 11.6 Å². The molecule has 0 nitrogen and oxygen atoms in total. The lowest BCUT2D eigenvalue weighted by atomic mass is 10.5. The molecule has 0 fully saturated rings. The second-order valence-electron chi connectivity index (χ2n) is 1.03. The van der Waals surface area contributed by atoms with Gasteiger partial charge in [-0.1, -0.05) is 0 Å². The number of rotatable bonds is 1. The molecule has 4 heteroatoms. The van der Waals surface area contributed by atoms with E-state index in [1.165, 1.54) is 0 Å². The Morgan fingerprint density at radius 3 is 1.71 bits per heavy atom. The van der Waals surface area contributed by atoms with Gasteiger partial charge in [-0.15, -0.1) is 0 Å². The number of hydrogen-bond acceptors (Lipinski definition) is 0. The van der Waals surface area contributed by atoms with E-state index in [9.17, 15) is 13.2 Å². The van der Waals surface area contributed by atoms with Crippen molar-refractivity contribution in [2.75, 3.05) is 0 Å². The smallest absolute Gasteiger partial charge is 0.232 e. The van der Waals surface area contributed by atoms with Crippen molar-refractivity contribution in [1.82, 2.24) is 0 Å². The number of halogens is 4. The summed E-state index contributed by atoms with van der Waals surface area (Å²) in [6, 6.07) is 0. The Balaban J connectivity index is 3.54. The van der Waals surface area contributed by atoms with Gasteiger partial charge in [0.2, 0.25) is 6.17 Å². The Hall–Kier alpha value is 0.0800. The quantitative estimate of drug-likeness (QED) is 0.479. The van der Waals surface area contributed by atoms with Crippen molar-refractivity contribution in [2.45, 2.75) is 12.3 Å². The van der Waals surface area contributed by atoms with Gasteiger partial charge in [0, 0.05) is 0 Å². The van der Waals surface area contributed by atoms with Crippen molar-refractivity contribution in [2.24, 2.45) is 0 Å². The molecule has 0 amide bonds. The lowest BCUT2D eigenvalue weighted by Crippen LogP contribution is -2.10. The van der Waals surface area contributed by atoms with Crippen LogP contribution in [0.5, 0.6) is 0 Å². The Labute approximate surface area is 44.3 Å². The molecular formula is C3H3ClF3. The molecule has 0 bridgehead atoms. The van der Waals surface area contributed by atoms with Crippen molar-refractivity contribution in [3.63, 3.8) is 0 Å². The number of alkyl halides is 3. The Kier molecular flexibility index (Phi) is 1.92. The monoisotopic (exact) mass is 131 g/mol. The zero-order valence-corrected chi connectivity index (χ0v) is 4.27. The van der Waals surface area contributed by atoms with Gasteiger partial charge in [0.1, 0.15) is 0 Å². The fraction of sp³-hybridized carbons (Fsp3) is 0.667. The first kappa shape index (κ1) is 7.08. The van der Waals surface area contributed by atoms with Crippen LogP contribution >= 0.6 is 11.6 Å². The second kappa shape index (κ2) is 1.90. The predicted octanol–water partition coefficient (Wildman–Crippen LogP) is 2.34. The molecule has 0 aromatic heterocycles. The van der Waals surface area contributed by atoms with Crippen LogP contribution in [-0.2, 0) is 0 Å². The largest absolute Gasteiger partial charge is 0.358 e. The molecule has 0 saturated carbocycles. The Bertz CT molecular complexity index is 55.7. The van der Waals surface area contributed by atoms with Gasteiger partial charge >= 0.3 is 5.38 Å². The molecule has 0 aliphatic carbocycles. The van der Waals surface area contributed by atoms with Crippen molar-refractivity contribution in [1.29, 1.82) is 0 Å². The summed E-state index contributed by atoms with van der Waals surface area (Å²) in [6.07, 6.45) is -1.57. The van der Waals surface area contributed by atoms with E-state index in [-0.39, 0.29) is 0 Å². The van der Waals surface area contributed by atoms with Crippen molar-refractivity contribution in [3.8, 4) is 0 Å². The van der Waals surface area contributed by atoms with E-state index in [4.69, 9.17) is 0 Å². The highest BCUT2D eigenvalue weighted by Crippen LogP contribution is 2.30. The standard InChI is InChI=1S/C3H3ClF3/c1-2(5)3(4,6)7/h1H3. The second-order valence-corrected chi connectivity index (χ2v) is 1.51. The maximum Gasteiger partial charge on any atom is 0.358 e. The summed E-state index contributed by atoms with van der Waals surface area (Å²) in [5.74, 6) is 0. The van der Waals surface area contributed by atoms with Crippen LogP contribution in [0.3, 0.4) is 0 Å². The topological polar surface area (TPSA) is 0 Å². The molecule has 0 atom stereocenters. The highest BCUT2D eigenvalue weighted by atomic mass is 35.5. The zero-order chi connectivity index (χ0) is 6.08. The third-order valence-electron chi connectivity index (χ3n) is 0.391. The molecule has 0 aliphatic heterocycles. The highest BCUT2D eigenvalue weighted by molar-refractivity contribution is 6.22. The molecule has 0 unspecified atom stereocenters. The molecule has 0 aliphatic rings. The van der Waals surface area contributed by atoms with Crippen LogP contribution in [0.4, 0.5) is 13.2 Å². The van der Waals surface area contributed by atoms with Gasteiger partial charge in [-0.05, 0) is 18.5 Å². The van der Waals surface area contributed by atoms with E-state index in [2.05, 4.69) is 11.6 Å². The van der Waals surface area contributed by atoms with E-state index < -0.39 is 11.6 Å². The summed E-state index contributed by atoms with van der Waals surface area (Å²) in [5.41, 5.74) is 0. The fourth-order valence-corrected chi connectivity index (χ4v) is 0. The third-order valence-corrected chi connectivity index (χ3v) is 0.651. The molecule has 0 aromatic carbocycles. The lowest BCUT2D eigenvalue weighted by molar-refractivity contribution is 0.0725. The van der Waals surface area contributed by atoms with Crippen LogP contribution in [0.1, 0.15) is 6.92 Å². The Morgan fingerprint density at radius 2 is 1.71 bits per heavy atom. The average Bonchev–Trinajstić information content (AvgIpc) is 1.31. The van der Waals surface area contributed by atoms with Gasteiger partial charge in [-0.3, -0.25) is 0 Å². The SMILES string of the molecule is C[C](F)C(F)(F)Cl. The third kappa shape index (κ3) is 2.74. The van der Waals surface area contributed by atoms with Gasteiger partial charge < -0.3 is 0 Å². The van der Waals surface area contributed by atoms with Crippen LogP contribution < -0.4 is 0 Å². The minimum atomic E-state index is -3.78. The molecule has 0 saturated heterocycles. The van der Waals surface area contributed by atoms with Gasteiger partial charge in [0.15, 0.2) is 0 Å². The van der Waals surface area contributed by atoms with Crippen LogP contribution in [-0.4, -0.2) is 5.38 Å². The van der Waals surface area contributed by atoms with Gasteiger partial charge in [-0.25, -0.2) is 4.39 Å². The lowest BCUT2D eigenvalue weighted by Gasteiger charge is -2.04. The molecule has 0 spiro atoms. The van der Waals surface area contributed by atoms with Crippen LogP contribution in [0.2, 0.25) is 0 Å². The summed E-state index contributed by atoms with van der Waals surface area (Å²) < 4.78 is 33.6. The molecule has 43 valence electrons. The van der Waals surface area contributed by atoms with Crippen molar-refractivity contribution in [3.05, 3.63) is 6.17 Å². The van der Waals surface area contributed by atoms with Crippen molar-refractivity contribution < 1.29 is 13.2 Å². The first-order valence-electron chi connectivity index (χ1n) is 1.51. The average molecular weight is 132 g/mol. The molecule has 0 aromatic rings. The molecule has 0 heterocycles. The van der Waals surface area contributed by atoms with E-state index in [0.29, 0.717) is 6.92 Å². The Morgan fingerprint density at radius 1 is 1.57 bits per heavy atom. The molecule has 7 heavy (non-hydrogen) atoms. The molecular weight excluding hydrogens is 128 g/mol.